The first-order chi connectivity index (χ1) is 14.7. The van der Waals surface area contributed by atoms with E-state index in [4.69, 9.17) is 16.6 Å². The molecule has 0 amide bonds. The predicted molar refractivity (Wildman–Crippen MR) is 127 cm³/mol. The number of hydrogen-bond donors (Lipinski definition) is 1. The van der Waals surface area contributed by atoms with E-state index in [-0.39, 0.29) is 0 Å². The highest BCUT2D eigenvalue weighted by molar-refractivity contribution is 7.13. The third kappa shape index (κ3) is 5.65. The van der Waals surface area contributed by atoms with E-state index < -0.39 is 0 Å². The molecule has 0 radical (unpaired) electrons. The number of thiazole rings is 1. The Hall–Kier alpha value is -1.83. The van der Waals surface area contributed by atoms with Gasteiger partial charge >= 0.3 is 0 Å². The highest BCUT2D eigenvalue weighted by atomic mass is 35.5. The molecule has 30 heavy (non-hydrogen) atoms. The predicted octanol–water partition coefficient (Wildman–Crippen LogP) is 3.33. The van der Waals surface area contributed by atoms with E-state index in [0.29, 0.717) is 0 Å². The molecule has 4 rings (SSSR count). The van der Waals surface area contributed by atoms with Gasteiger partial charge in [-0.2, -0.15) is 0 Å². The lowest BCUT2D eigenvalue weighted by Gasteiger charge is -2.36. The molecule has 0 spiro atoms. The highest BCUT2D eigenvalue weighted by Gasteiger charge is 2.20. The monoisotopic (exact) mass is 446 g/mol. The van der Waals surface area contributed by atoms with Crippen LogP contribution in [0.15, 0.2) is 34.6 Å². The smallest absolute Gasteiger partial charge is 0.193 e. The quantitative estimate of drug-likeness (QED) is 0.544. The maximum absolute atomic E-state index is 5.99. The van der Waals surface area contributed by atoms with Crippen LogP contribution < -0.4 is 10.2 Å². The second-order valence-corrected chi connectivity index (χ2v) is 9.20. The Morgan fingerprint density at radius 2 is 1.83 bits per heavy atom. The number of piperazine rings is 1. The van der Waals surface area contributed by atoms with Gasteiger partial charge in [-0.15, -0.1) is 11.3 Å². The highest BCUT2D eigenvalue weighted by Crippen LogP contribution is 2.24. The number of guanidine groups is 1. The van der Waals surface area contributed by atoms with Crippen LogP contribution in [0.1, 0.15) is 24.1 Å². The van der Waals surface area contributed by atoms with Crippen LogP contribution in [0.3, 0.4) is 0 Å². The van der Waals surface area contributed by atoms with Crippen LogP contribution in [0.25, 0.3) is 0 Å². The molecule has 2 aliphatic rings. The molecule has 2 fully saturated rings. The van der Waals surface area contributed by atoms with Gasteiger partial charge in [0, 0.05) is 76.2 Å². The molecule has 2 saturated heterocycles. The van der Waals surface area contributed by atoms with Crippen LogP contribution in [0.2, 0.25) is 5.02 Å². The van der Waals surface area contributed by atoms with E-state index in [1.54, 1.807) is 11.3 Å². The fourth-order valence-electron chi connectivity index (χ4n) is 4.07. The van der Waals surface area contributed by atoms with E-state index in [0.717, 1.165) is 69.8 Å². The van der Waals surface area contributed by atoms with Crippen molar-refractivity contribution in [3.8, 4) is 0 Å². The lowest BCUT2D eigenvalue weighted by molar-refractivity contribution is 0.172. The molecule has 3 heterocycles. The van der Waals surface area contributed by atoms with Crippen molar-refractivity contribution in [2.24, 2.45) is 4.99 Å². The van der Waals surface area contributed by atoms with E-state index in [1.807, 2.05) is 19.2 Å². The zero-order valence-electron chi connectivity index (χ0n) is 17.7. The van der Waals surface area contributed by atoms with E-state index in [9.17, 15) is 0 Å². The first-order valence-corrected chi connectivity index (χ1v) is 12.1. The standard InChI is InChI=1S/C22H31ClN6S/c1-24-21(25-9-8-20-17-30-22(26-20)29-10-2-3-11-29)28-14-12-27(13-15-28)16-18-4-6-19(23)7-5-18/h4-7,17H,2-3,8-16H2,1H3,(H,24,25). The van der Waals surface area contributed by atoms with Crippen molar-refractivity contribution in [3.63, 3.8) is 0 Å². The summed E-state index contributed by atoms with van der Waals surface area (Å²) in [5.41, 5.74) is 2.49. The Balaban J connectivity index is 1.20. The number of aromatic nitrogens is 1. The molecule has 1 aromatic carbocycles. The van der Waals surface area contributed by atoms with Gasteiger partial charge in [0.1, 0.15) is 0 Å². The average molecular weight is 447 g/mol. The Kier molecular flexibility index (Phi) is 7.47. The van der Waals surface area contributed by atoms with E-state index in [1.165, 1.54) is 29.2 Å². The van der Waals surface area contributed by atoms with Crippen molar-refractivity contribution in [1.82, 2.24) is 20.1 Å². The summed E-state index contributed by atoms with van der Waals surface area (Å²) < 4.78 is 0. The number of benzene rings is 1. The average Bonchev–Trinajstić information content (AvgIpc) is 3.46. The number of nitrogens with zero attached hydrogens (tertiary/aromatic N) is 5. The number of nitrogens with one attached hydrogen (secondary N) is 1. The third-order valence-electron chi connectivity index (χ3n) is 5.78. The summed E-state index contributed by atoms with van der Waals surface area (Å²) in [4.78, 5) is 16.6. The van der Waals surface area contributed by atoms with Crippen LogP contribution in [0, 0.1) is 0 Å². The maximum Gasteiger partial charge on any atom is 0.193 e. The van der Waals surface area contributed by atoms with Crippen LogP contribution in [0.4, 0.5) is 5.13 Å². The number of aliphatic imine (C=N–C) groups is 1. The molecule has 0 atom stereocenters. The zero-order chi connectivity index (χ0) is 20.8. The van der Waals surface area contributed by atoms with Crippen molar-refractivity contribution in [2.75, 3.05) is 57.8 Å². The van der Waals surface area contributed by atoms with Gasteiger partial charge in [0.15, 0.2) is 11.1 Å². The van der Waals surface area contributed by atoms with Crippen molar-refractivity contribution in [1.29, 1.82) is 0 Å². The number of rotatable bonds is 6. The molecule has 2 aromatic rings. The SMILES string of the molecule is CN=C(NCCc1csc(N2CCCC2)n1)N1CCN(Cc2ccc(Cl)cc2)CC1. The van der Waals surface area contributed by atoms with Crippen LogP contribution in [0.5, 0.6) is 0 Å². The summed E-state index contributed by atoms with van der Waals surface area (Å²) in [7, 11) is 1.87. The summed E-state index contributed by atoms with van der Waals surface area (Å²) in [6, 6.07) is 8.16. The first kappa shape index (κ1) is 21.4. The number of hydrogen-bond acceptors (Lipinski definition) is 5. The van der Waals surface area contributed by atoms with Gasteiger partial charge < -0.3 is 15.1 Å². The summed E-state index contributed by atoms with van der Waals surface area (Å²) in [6.45, 7) is 8.19. The second kappa shape index (κ2) is 10.5. The fraction of sp³-hybridized carbons (Fsp3) is 0.545. The molecule has 0 aliphatic carbocycles. The lowest BCUT2D eigenvalue weighted by atomic mass is 10.2. The fourth-order valence-corrected chi connectivity index (χ4v) is 5.10. The first-order valence-electron chi connectivity index (χ1n) is 10.8. The molecule has 6 nitrogen and oxygen atoms in total. The van der Waals surface area contributed by atoms with Crippen molar-refractivity contribution in [3.05, 3.63) is 45.9 Å². The second-order valence-electron chi connectivity index (χ2n) is 7.93. The minimum Gasteiger partial charge on any atom is -0.356 e. The van der Waals surface area contributed by atoms with Crippen molar-refractivity contribution >= 4 is 34.0 Å². The van der Waals surface area contributed by atoms with Gasteiger partial charge in [-0.25, -0.2) is 4.98 Å². The van der Waals surface area contributed by atoms with E-state index in [2.05, 4.69) is 42.5 Å². The van der Waals surface area contributed by atoms with Gasteiger partial charge in [0.25, 0.3) is 0 Å². The number of anilines is 1. The summed E-state index contributed by atoms with van der Waals surface area (Å²) in [6.07, 6.45) is 3.51. The molecular weight excluding hydrogens is 416 g/mol. The summed E-state index contributed by atoms with van der Waals surface area (Å²) in [5.74, 6) is 0.996. The number of halogens is 1. The molecule has 0 saturated carbocycles. The lowest BCUT2D eigenvalue weighted by Crippen LogP contribution is -2.52. The Bertz CT molecular complexity index is 822. The Labute approximate surface area is 188 Å². The molecule has 1 N–H and O–H groups in total. The molecule has 2 aliphatic heterocycles. The van der Waals surface area contributed by atoms with Gasteiger partial charge in [-0.3, -0.25) is 9.89 Å². The third-order valence-corrected chi connectivity index (χ3v) is 6.99. The van der Waals surface area contributed by atoms with Gasteiger partial charge in [-0.1, -0.05) is 23.7 Å². The molecule has 0 bridgehead atoms. The topological polar surface area (TPSA) is 47.0 Å². The zero-order valence-corrected chi connectivity index (χ0v) is 19.3. The minimum atomic E-state index is 0.795. The van der Waals surface area contributed by atoms with Crippen LogP contribution >= 0.6 is 22.9 Å². The maximum atomic E-state index is 5.99. The Morgan fingerprint density at radius 3 is 2.53 bits per heavy atom. The molecular formula is C22H31ClN6S. The Morgan fingerprint density at radius 1 is 1.10 bits per heavy atom. The minimum absolute atomic E-state index is 0.795. The summed E-state index contributed by atoms with van der Waals surface area (Å²) in [5, 5.41) is 7.71. The summed E-state index contributed by atoms with van der Waals surface area (Å²) >= 11 is 7.76. The molecule has 162 valence electrons. The van der Waals surface area contributed by atoms with Crippen LogP contribution in [-0.4, -0.2) is 73.6 Å². The molecule has 8 heteroatoms. The molecule has 1 aromatic heterocycles. The molecule has 0 unspecified atom stereocenters. The van der Waals surface area contributed by atoms with Gasteiger partial charge in [-0.05, 0) is 30.5 Å². The van der Waals surface area contributed by atoms with E-state index >= 15 is 0 Å². The van der Waals surface area contributed by atoms with Crippen LogP contribution in [-0.2, 0) is 13.0 Å². The largest absolute Gasteiger partial charge is 0.356 e. The van der Waals surface area contributed by atoms with Crippen molar-refractivity contribution < 1.29 is 0 Å². The van der Waals surface area contributed by atoms with Gasteiger partial charge in [0.2, 0.25) is 0 Å². The van der Waals surface area contributed by atoms with Crippen molar-refractivity contribution in [2.45, 2.75) is 25.8 Å². The normalized spacial score (nSPS) is 18.3. The van der Waals surface area contributed by atoms with Gasteiger partial charge in [0.05, 0.1) is 5.69 Å².